The van der Waals surface area contributed by atoms with Crippen molar-refractivity contribution in [2.75, 3.05) is 5.75 Å². The van der Waals surface area contributed by atoms with E-state index in [0.717, 1.165) is 22.3 Å². The highest BCUT2D eigenvalue weighted by Crippen LogP contribution is 2.43. The number of thioether (sulfide) groups is 1. The number of tetrazole rings is 1. The molecule has 13 heteroatoms. The van der Waals surface area contributed by atoms with Crippen molar-refractivity contribution in [1.82, 2.24) is 25.5 Å². The lowest BCUT2D eigenvalue weighted by atomic mass is 9.91. The number of phenolic OH excluding ortho intramolecular Hbond substituents is 1. The van der Waals surface area contributed by atoms with E-state index in [1.165, 1.54) is 11.8 Å². The average molecular weight is 620 g/mol. The van der Waals surface area contributed by atoms with Crippen molar-refractivity contribution in [3.63, 3.8) is 0 Å². The zero-order chi connectivity index (χ0) is 31.1. The van der Waals surface area contributed by atoms with Crippen molar-refractivity contribution in [3.8, 4) is 11.4 Å². The van der Waals surface area contributed by atoms with Crippen LogP contribution in [-0.4, -0.2) is 59.3 Å². The molecule has 3 aromatic carbocycles. The number of carboxylic acid groups (broad SMARTS) is 1. The molecule has 0 aliphatic carbocycles. The number of rotatable bonds is 12. The lowest BCUT2D eigenvalue weighted by Crippen LogP contribution is -2.38. The fraction of sp³-hybridized carbons (Fsp3) is 0.323. The summed E-state index contributed by atoms with van der Waals surface area (Å²) in [5.41, 5.74) is 4.15. The van der Waals surface area contributed by atoms with Gasteiger partial charge in [0.1, 0.15) is 5.75 Å². The Hall–Kier alpha value is -4.30. The fourth-order valence-corrected chi connectivity index (χ4v) is 5.85. The Morgan fingerprint density at radius 1 is 0.932 bits per heavy atom. The molecule has 0 saturated carbocycles. The minimum absolute atomic E-state index is 0.0444. The maximum Gasteiger partial charge on any atom is 0.303 e. The Balaban J connectivity index is 1.31. The molecule has 4 aromatic rings. The second-order valence-electron chi connectivity index (χ2n) is 10.4. The lowest BCUT2D eigenvalue weighted by molar-refractivity contribution is -0.268. The van der Waals surface area contributed by atoms with Crippen molar-refractivity contribution in [3.05, 3.63) is 95.1 Å². The number of aliphatic hydroxyl groups is 1. The number of hydrogen-bond acceptors (Lipinski definition) is 10. The average Bonchev–Trinajstić information content (AvgIpc) is 3.51. The van der Waals surface area contributed by atoms with E-state index in [9.17, 15) is 19.8 Å². The monoisotopic (exact) mass is 619 g/mol. The molecule has 4 unspecified atom stereocenters. The van der Waals surface area contributed by atoms with Gasteiger partial charge in [0.05, 0.1) is 30.9 Å². The third kappa shape index (κ3) is 7.80. The quantitative estimate of drug-likeness (QED) is 0.170. The summed E-state index contributed by atoms with van der Waals surface area (Å²) in [6, 6.07) is 21.8. The number of carboxylic acids is 1. The smallest absolute Gasteiger partial charge is 0.303 e. The minimum Gasteiger partial charge on any atom is -0.508 e. The first-order valence-corrected chi connectivity index (χ1v) is 15.1. The number of phenols is 1. The topological polar surface area (TPSA) is 169 Å². The van der Waals surface area contributed by atoms with Gasteiger partial charge in [0.2, 0.25) is 11.1 Å². The van der Waals surface area contributed by atoms with Gasteiger partial charge in [-0.3, -0.25) is 9.59 Å². The van der Waals surface area contributed by atoms with Crippen molar-refractivity contribution in [2.45, 2.75) is 56.6 Å². The zero-order valence-electron chi connectivity index (χ0n) is 23.9. The van der Waals surface area contributed by atoms with Crippen molar-refractivity contribution in [1.29, 1.82) is 0 Å². The van der Waals surface area contributed by atoms with Gasteiger partial charge in [-0.25, -0.2) is 0 Å². The van der Waals surface area contributed by atoms with Crippen LogP contribution >= 0.6 is 11.8 Å². The van der Waals surface area contributed by atoms with Gasteiger partial charge in [-0.2, -0.15) is 4.68 Å². The number of benzene rings is 3. The summed E-state index contributed by atoms with van der Waals surface area (Å²) >= 11 is 1.45. The molecule has 5 rings (SSSR count). The second kappa shape index (κ2) is 14.4. The number of ether oxygens (including phenoxy) is 2. The third-order valence-corrected chi connectivity index (χ3v) is 8.35. The molecule has 1 fully saturated rings. The first-order valence-electron chi connectivity index (χ1n) is 14.1. The van der Waals surface area contributed by atoms with Gasteiger partial charge < -0.3 is 30.1 Å². The van der Waals surface area contributed by atoms with Crippen LogP contribution in [0.25, 0.3) is 5.69 Å². The summed E-state index contributed by atoms with van der Waals surface area (Å²) in [7, 11) is 0. The van der Waals surface area contributed by atoms with Crippen molar-refractivity contribution < 1.29 is 34.4 Å². The van der Waals surface area contributed by atoms with Gasteiger partial charge in [0, 0.05) is 30.2 Å². The van der Waals surface area contributed by atoms with E-state index in [4.69, 9.17) is 14.6 Å². The van der Waals surface area contributed by atoms with Crippen LogP contribution in [0, 0.1) is 5.92 Å². The lowest BCUT2D eigenvalue weighted by Gasteiger charge is -2.41. The van der Waals surface area contributed by atoms with E-state index < -0.39 is 12.3 Å². The number of carbonyl (C=O) groups excluding carboxylic acids is 1. The molecule has 12 nitrogen and oxygen atoms in total. The Morgan fingerprint density at radius 2 is 1.61 bits per heavy atom. The second-order valence-corrected chi connectivity index (χ2v) is 11.4. The van der Waals surface area contributed by atoms with Crippen LogP contribution < -0.4 is 5.32 Å². The van der Waals surface area contributed by atoms with E-state index in [2.05, 4.69) is 27.8 Å². The highest BCUT2D eigenvalue weighted by Gasteiger charge is 2.38. The first-order chi connectivity index (χ1) is 21.3. The highest BCUT2D eigenvalue weighted by molar-refractivity contribution is 7.99. The Kier molecular flexibility index (Phi) is 10.2. The van der Waals surface area contributed by atoms with Crippen LogP contribution in [-0.2, 0) is 32.2 Å². The highest BCUT2D eigenvalue weighted by atomic mass is 32.2. The largest absolute Gasteiger partial charge is 0.508 e. The van der Waals surface area contributed by atoms with Crippen molar-refractivity contribution in [2.24, 2.45) is 5.92 Å². The number of aliphatic hydroxyl groups excluding tert-OH is 1. The summed E-state index contributed by atoms with van der Waals surface area (Å²) in [6.07, 6.45) is -1.51. The molecule has 1 aliphatic heterocycles. The minimum atomic E-state index is -1.01. The summed E-state index contributed by atoms with van der Waals surface area (Å²) in [6.45, 7) is 2.30. The third-order valence-electron chi connectivity index (χ3n) is 7.34. The summed E-state index contributed by atoms with van der Waals surface area (Å²) < 4.78 is 14.6. The zero-order valence-corrected chi connectivity index (χ0v) is 24.8. The Labute approximate surface area is 258 Å². The number of hydrogen-bond donors (Lipinski definition) is 4. The maximum absolute atomic E-state index is 11.9. The van der Waals surface area contributed by atoms with Gasteiger partial charge in [0.25, 0.3) is 0 Å². The normalized spacial score (nSPS) is 19.9. The van der Waals surface area contributed by atoms with E-state index in [1.54, 1.807) is 28.9 Å². The Bertz CT molecular complexity index is 1550. The van der Waals surface area contributed by atoms with Crippen LogP contribution in [0.1, 0.15) is 54.4 Å². The standard InChI is InChI=1S/C31H33N5O7S/c1-19-26(18-44-31-33-34-35-36(31)24-10-12-25(38)13-11-24)42-30(43-29(19)22-6-4-21(17-37)5-7-22)23-8-2-20(3-9-23)16-32-27(39)14-15-28(40)41/h2-13,19,26,29-30,37-38H,14-18H2,1H3,(H,32,39)(H,40,41). The van der Waals surface area contributed by atoms with Crippen LogP contribution in [0.5, 0.6) is 5.75 Å². The van der Waals surface area contributed by atoms with Gasteiger partial charge in [-0.1, -0.05) is 67.2 Å². The van der Waals surface area contributed by atoms with E-state index >= 15 is 0 Å². The molecule has 44 heavy (non-hydrogen) atoms. The van der Waals surface area contributed by atoms with Crippen LogP contribution in [0.3, 0.4) is 0 Å². The molecule has 1 amide bonds. The number of amides is 1. The number of nitrogens with one attached hydrogen (secondary N) is 1. The molecule has 1 saturated heterocycles. The fourth-order valence-electron chi connectivity index (χ4n) is 4.79. The predicted octanol–water partition coefficient (Wildman–Crippen LogP) is 3.92. The number of aromatic hydroxyl groups is 1. The molecule has 1 aliphatic rings. The number of aromatic nitrogens is 4. The molecular formula is C31H33N5O7S. The summed E-state index contributed by atoms with van der Waals surface area (Å²) in [4.78, 5) is 22.6. The van der Waals surface area contributed by atoms with Gasteiger partial charge in [-0.15, -0.1) is 5.10 Å². The Morgan fingerprint density at radius 3 is 2.30 bits per heavy atom. The maximum atomic E-state index is 11.9. The summed E-state index contributed by atoms with van der Waals surface area (Å²) in [5.74, 6) is -0.696. The van der Waals surface area contributed by atoms with Gasteiger partial charge in [0.15, 0.2) is 6.29 Å². The van der Waals surface area contributed by atoms with Crippen molar-refractivity contribution >= 4 is 23.6 Å². The molecule has 1 aromatic heterocycles. The van der Waals surface area contributed by atoms with E-state index in [1.807, 2.05) is 48.5 Å². The molecule has 2 heterocycles. The molecule has 4 atom stereocenters. The predicted molar refractivity (Wildman–Crippen MR) is 160 cm³/mol. The van der Waals surface area contributed by atoms with Crippen LogP contribution in [0.2, 0.25) is 0 Å². The summed E-state index contributed by atoms with van der Waals surface area (Å²) in [5, 5.41) is 43.4. The van der Waals surface area contributed by atoms with Gasteiger partial charge >= 0.3 is 5.97 Å². The molecule has 230 valence electrons. The molecule has 0 bridgehead atoms. The first kappa shape index (κ1) is 31.1. The van der Waals surface area contributed by atoms with E-state index in [0.29, 0.717) is 16.6 Å². The van der Waals surface area contributed by atoms with Gasteiger partial charge in [-0.05, 0) is 51.4 Å². The van der Waals surface area contributed by atoms with E-state index in [-0.39, 0.29) is 55.8 Å². The molecule has 4 N–H and O–H groups in total. The number of carbonyl (C=O) groups is 2. The molecule has 0 spiro atoms. The van der Waals surface area contributed by atoms with Crippen LogP contribution in [0.4, 0.5) is 0 Å². The number of nitrogens with zero attached hydrogens (tertiary/aromatic N) is 4. The number of aliphatic carboxylic acids is 1. The molecular weight excluding hydrogens is 586 g/mol. The molecule has 0 radical (unpaired) electrons. The van der Waals surface area contributed by atoms with Crippen LogP contribution in [0.15, 0.2) is 78.0 Å². The SMILES string of the molecule is CC1C(CSc2nnnn2-c2ccc(O)cc2)OC(c2ccc(CNC(=O)CCC(=O)O)cc2)OC1c1ccc(CO)cc1.